The lowest BCUT2D eigenvalue weighted by Gasteiger charge is -2.23. The summed E-state index contributed by atoms with van der Waals surface area (Å²) in [5, 5.41) is 0. The molecule has 2 fully saturated rings. The summed E-state index contributed by atoms with van der Waals surface area (Å²) in [4.78, 5) is 31.6. The zero-order valence-electron chi connectivity index (χ0n) is 13.8. The maximum atomic E-state index is 13.1. The first kappa shape index (κ1) is 16.1. The fraction of sp³-hybridized carbons (Fsp3) is 0.333. The number of amides is 2. The van der Waals surface area contributed by atoms with Gasteiger partial charge in [-0.2, -0.15) is 0 Å². The van der Waals surface area contributed by atoms with E-state index in [1.165, 1.54) is 11.3 Å². The van der Waals surface area contributed by atoms with Crippen molar-refractivity contribution in [2.24, 2.45) is 11.1 Å². The second kappa shape index (κ2) is 5.56. The van der Waals surface area contributed by atoms with Gasteiger partial charge in [0.2, 0.25) is 5.91 Å². The third kappa shape index (κ3) is 2.33. The van der Waals surface area contributed by atoms with Gasteiger partial charge >= 0.3 is 0 Å². The van der Waals surface area contributed by atoms with Crippen LogP contribution in [0.1, 0.15) is 23.3 Å². The number of thiazole rings is 1. The van der Waals surface area contributed by atoms with Crippen LogP contribution in [-0.2, 0) is 4.79 Å². The smallest absolute Gasteiger partial charge is 0.274 e. The number of ether oxygens (including phenoxy) is 1. The molecule has 6 nitrogen and oxygen atoms in total. The molecule has 1 aliphatic heterocycles. The van der Waals surface area contributed by atoms with Crippen LogP contribution < -0.4 is 10.5 Å². The molecule has 2 aliphatic rings. The van der Waals surface area contributed by atoms with Crippen LogP contribution in [0.15, 0.2) is 29.8 Å². The number of methoxy groups -OCH3 is 1. The van der Waals surface area contributed by atoms with Crippen LogP contribution in [0.3, 0.4) is 0 Å². The molecule has 0 unspecified atom stereocenters. The molecule has 7 heteroatoms. The van der Waals surface area contributed by atoms with Crippen LogP contribution in [0, 0.1) is 12.3 Å². The summed E-state index contributed by atoms with van der Waals surface area (Å²) in [5.74, 6) is 0.188. The van der Waals surface area contributed by atoms with Gasteiger partial charge < -0.3 is 15.4 Å². The van der Waals surface area contributed by atoms with E-state index in [-0.39, 0.29) is 23.9 Å². The zero-order valence-corrected chi connectivity index (χ0v) is 14.6. The van der Waals surface area contributed by atoms with Crippen molar-refractivity contribution in [3.8, 4) is 16.2 Å². The molecule has 2 aromatic rings. The molecule has 1 radical (unpaired) electrons. The van der Waals surface area contributed by atoms with Crippen molar-refractivity contribution in [3.05, 3.63) is 42.4 Å². The first-order chi connectivity index (χ1) is 12.0. The molecule has 2 N–H and O–H groups in total. The van der Waals surface area contributed by atoms with Crippen molar-refractivity contribution < 1.29 is 14.3 Å². The third-order valence-electron chi connectivity index (χ3n) is 5.19. The summed E-state index contributed by atoms with van der Waals surface area (Å²) < 4.78 is 5.26. The van der Waals surface area contributed by atoms with Gasteiger partial charge in [0.15, 0.2) is 0 Å². The van der Waals surface area contributed by atoms with E-state index in [2.05, 4.69) is 11.9 Å². The lowest BCUT2D eigenvalue weighted by atomic mass is 10.00. The Bertz CT molecular complexity index is 865. The van der Waals surface area contributed by atoms with Crippen LogP contribution in [0.4, 0.5) is 0 Å². The number of aromatic nitrogens is 1. The Morgan fingerprint density at radius 2 is 2.24 bits per heavy atom. The highest BCUT2D eigenvalue weighted by molar-refractivity contribution is 7.13. The molecule has 1 aromatic heterocycles. The molecule has 25 heavy (non-hydrogen) atoms. The fourth-order valence-corrected chi connectivity index (χ4v) is 4.58. The second-order valence-corrected chi connectivity index (χ2v) is 7.43. The van der Waals surface area contributed by atoms with Gasteiger partial charge in [-0.1, -0.05) is 12.1 Å². The molecule has 2 heterocycles. The number of benzene rings is 1. The van der Waals surface area contributed by atoms with E-state index in [1.54, 1.807) is 17.5 Å². The van der Waals surface area contributed by atoms with Crippen molar-refractivity contribution >= 4 is 23.2 Å². The van der Waals surface area contributed by atoms with E-state index >= 15 is 0 Å². The minimum atomic E-state index is -0.589. The van der Waals surface area contributed by atoms with Gasteiger partial charge in [-0.05, 0) is 37.5 Å². The molecular weight excluding hydrogens is 338 g/mol. The predicted molar refractivity (Wildman–Crippen MR) is 94.1 cm³/mol. The molecule has 4 rings (SSSR count). The van der Waals surface area contributed by atoms with E-state index in [0.717, 1.165) is 16.2 Å². The summed E-state index contributed by atoms with van der Waals surface area (Å²) in [7, 11) is 1.60. The lowest BCUT2D eigenvalue weighted by molar-refractivity contribution is -0.123. The number of rotatable bonds is 4. The highest BCUT2D eigenvalue weighted by Crippen LogP contribution is 2.59. The van der Waals surface area contributed by atoms with Crippen molar-refractivity contribution in [2.45, 2.75) is 24.9 Å². The summed E-state index contributed by atoms with van der Waals surface area (Å²) in [5.41, 5.74) is 7.87. The van der Waals surface area contributed by atoms with Crippen LogP contribution in [0.2, 0.25) is 0 Å². The average molecular weight is 356 g/mol. The molecule has 1 saturated carbocycles. The van der Waals surface area contributed by atoms with Gasteiger partial charge in [0.25, 0.3) is 5.91 Å². The maximum Gasteiger partial charge on any atom is 0.274 e. The number of likely N-dealkylation sites (tertiary alicyclic amines) is 1. The Morgan fingerprint density at radius 3 is 2.92 bits per heavy atom. The standard InChI is InChI=1S/C18H18N3O3S/c1-10-7-18(17(19)23)8-13(18)21(10)16(22)14-15(25-9-20-14)11-4-3-5-12(6-11)24-2/h3-6,9-10,13H,1,7-8H2,2H3,(H2,19,23)/t10-,13-,18+/m0/s1. The van der Waals surface area contributed by atoms with Gasteiger partial charge in [-0.25, -0.2) is 4.98 Å². The van der Waals surface area contributed by atoms with Gasteiger partial charge in [0.1, 0.15) is 11.4 Å². The Balaban J connectivity index is 1.67. The van der Waals surface area contributed by atoms with Crippen molar-refractivity contribution in [1.29, 1.82) is 0 Å². The molecule has 0 bridgehead atoms. The molecule has 1 saturated heterocycles. The number of fused-ring (bicyclic) bond motifs is 1. The molecule has 1 aromatic carbocycles. The summed E-state index contributed by atoms with van der Waals surface area (Å²) in [6.07, 6.45) is 1.15. The first-order valence-corrected chi connectivity index (χ1v) is 8.89. The van der Waals surface area contributed by atoms with Crippen LogP contribution >= 0.6 is 11.3 Å². The number of piperidine rings is 1. The van der Waals surface area contributed by atoms with Crippen LogP contribution in [0.25, 0.3) is 10.4 Å². The number of carbonyl (C=O) groups is 2. The van der Waals surface area contributed by atoms with E-state index in [4.69, 9.17) is 10.5 Å². The SMILES string of the molecule is [CH2][C@H]1C[C@@]2(C(N)=O)C[C@@H]2N1C(=O)c1ncsc1-c1cccc(OC)c1. The number of primary amides is 1. The number of carbonyl (C=O) groups excluding carboxylic acids is 2. The largest absolute Gasteiger partial charge is 0.497 e. The number of nitrogens with zero attached hydrogens (tertiary/aromatic N) is 2. The zero-order chi connectivity index (χ0) is 17.8. The Hall–Kier alpha value is -2.41. The van der Waals surface area contributed by atoms with Crippen molar-refractivity contribution in [3.63, 3.8) is 0 Å². The van der Waals surface area contributed by atoms with Crippen molar-refractivity contribution in [2.75, 3.05) is 7.11 Å². The van der Waals surface area contributed by atoms with Gasteiger partial charge in [-0.3, -0.25) is 9.59 Å². The topological polar surface area (TPSA) is 85.5 Å². The summed E-state index contributed by atoms with van der Waals surface area (Å²) in [6, 6.07) is 7.10. The van der Waals surface area contributed by atoms with Gasteiger partial charge in [0, 0.05) is 12.1 Å². The van der Waals surface area contributed by atoms with E-state index in [9.17, 15) is 9.59 Å². The van der Waals surface area contributed by atoms with E-state index in [1.807, 2.05) is 24.3 Å². The monoisotopic (exact) mass is 356 g/mol. The van der Waals surface area contributed by atoms with E-state index in [0.29, 0.717) is 18.5 Å². The van der Waals surface area contributed by atoms with Gasteiger partial charge in [0.05, 0.1) is 22.9 Å². The van der Waals surface area contributed by atoms with Crippen molar-refractivity contribution in [1.82, 2.24) is 9.88 Å². The third-order valence-corrected chi connectivity index (χ3v) is 6.07. The average Bonchev–Trinajstić information content (AvgIpc) is 3.00. The molecule has 1 aliphatic carbocycles. The van der Waals surface area contributed by atoms with Gasteiger partial charge in [-0.15, -0.1) is 11.3 Å². The molecule has 3 atom stereocenters. The predicted octanol–water partition coefficient (Wildman–Crippen LogP) is 2.11. The molecular formula is C18H18N3O3S. The minimum Gasteiger partial charge on any atom is -0.497 e. The number of hydrogen-bond acceptors (Lipinski definition) is 5. The fourth-order valence-electron chi connectivity index (χ4n) is 3.81. The number of nitrogens with two attached hydrogens (primary N) is 1. The normalized spacial score (nSPS) is 27.0. The Morgan fingerprint density at radius 1 is 1.44 bits per heavy atom. The summed E-state index contributed by atoms with van der Waals surface area (Å²) in [6.45, 7) is 4.04. The highest BCUT2D eigenvalue weighted by Gasteiger charge is 2.68. The Kier molecular flexibility index (Phi) is 3.57. The highest BCUT2D eigenvalue weighted by atomic mass is 32.1. The first-order valence-electron chi connectivity index (χ1n) is 8.01. The van der Waals surface area contributed by atoms with E-state index < -0.39 is 5.41 Å². The molecule has 2 amide bonds. The molecule has 0 spiro atoms. The van der Waals surface area contributed by atoms with Crippen LogP contribution in [0.5, 0.6) is 5.75 Å². The Labute approximate surface area is 149 Å². The number of hydrogen-bond donors (Lipinski definition) is 1. The second-order valence-electron chi connectivity index (χ2n) is 6.57. The molecule has 129 valence electrons. The minimum absolute atomic E-state index is 0.153. The quantitative estimate of drug-likeness (QED) is 0.909. The van der Waals surface area contributed by atoms with Crippen LogP contribution in [-0.4, -0.2) is 40.9 Å². The maximum absolute atomic E-state index is 13.1. The lowest BCUT2D eigenvalue weighted by Crippen LogP contribution is -2.37. The summed E-state index contributed by atoms with van der Waals surface area (Å²) >= 11 is 1.40.